The number of fused-ring (bicyclic) bond motifs is 2. The highest BCUT2D eigenvalue weighted by molar-refractivity contribution is 5.59. The third-order valence-corrected chi connectivity index (χ3v) is 7.35. The number of nitrogens with two attached hydrogens (primary N) is 1. The van der Waals surface area contributed by atoms with Crippen molar-refractivity contribution in [3.63, 3.8) is 0 Å². The zero-order valence-corrected chi connectivity index (χ0v) is 18.7. The van der Waals surface area contributed by atoms with Gasteiger partial charge in [0, 0.05) is 44.2 Å². The van der Waals surface area contributed by atoms with Gasteiger partial charge in [0.05, 0.1) is 12.3 Å². The van der Waals surface area contributed by atoms with E-state index in [-0.39, 0.29) is 5.41 Å². The second-order valence-corrected chi connectivity index (χ2v) is 9.75. The fourth-order valence-corrected chi connectivity index (χ4v) is 5.42. The number of piperazine rings is 1. The van der Waals surface area contributed by atoms with E-state index >= 15 is 0 Å². The third kappa shape index (κ3) is 4.63. The number of hydrazine groups is 1. The first kappa shape index (κ1) is 21.1. The van der Waals surface area contributed by atoms with Crippen LogP contribution in [-0.2, 0) is 16.8 Å². The molecule has 2 aliphatic heterocycles. The average Bonchev–Trinajstić information content (AvgIpc) is 3.48. The molecule has 1 aliphatic carbocycles. The average molecular weight is 401 g/mol. The van der Waals surface area contributed by atoms with Crippen LogP contribution in [0.5, 0.6) is 0 Å². The van der Waals surface area contributed by atoms with E-state index in [0.29, 0.717) is 6.04 Å². The molecule has 5 nitrogen and oxygen atoms in total. The van der Waals surface area contributed by atoms with Crippen molar-refractivity contribution in [2.45, 2.75) is 77.3 Å². The molecule has 5 heteroatoms. The Kier molecular flexibility index (Phi) is 6.50. The normalized spacial score (nSPS) is 24.3. The lowest BCUT2D eigenvalue weighted by molar-refractivity contribution is 0.0634. The van der Waals surface area contributed by atoms with Gasteiger partial charge in [-0.25, -0.2) is 5.84 Å². The Morgan fingerprint density at radius 3 is 2.59 bits per heavy atom. The Morgan fingerprint density at radius 1 is 1.17 bits per heavy atom. The standard InChI is InChI=1S/C24H40N4O/c1-4-6-20(7-5-2)17-27-13-12-26(15-19(27)3)16-21-8-9-23-22(14-21)24(10-11-24)18-29-28(23)25/h8-9,14,19-20H,4-7,10-13,15-18,25H2,1-3H3. The summed E-state index contributed by atoms with van der Waals surface area (Å²) in [5, 5.41) is 1.46. The number of rotatable bonds is 8. The van der Waals surface area contributed by atoms with Crippen molar-refractivity contribution in [1.29, 1.82) is 0 Å². The third-order valence-electron chi connectivity index (χ3n) is 7.35. The van der Waals surface area contributed by atoms with E-state index in [1.807, 2.05) is 0 Å². The van der Waals surface area contributed by atoms with Crippen LogP contribution in [0.15, 0.2) is 18.2 Å². The maximum atomic E-state index is 6.04. The summed E-state index contributed by atoms with van der Waals surface area (Å²) in [5.41, 5.74) is 4.10. The van der Waals surface area contributed by atoms with Crippen LogP contribution in [0.25, 0.3) is 0 Å². The Labute approximate surface area is 177 Å². The van der Waals surface area contributed by atoms with Gasteiger partial charge in [0.1, 0.15) is 0 Å². The number of hydrogen-bond acceptors (Lipinski definition) is 5. The van der Waals surface area contributed by atoms with Crippen molar-refractivity contribution >= 4 is 5.69 Å². The van der Waals surface area contributed by atoms with Crippen LogP contribution in [0.1, 0.15) is 70.4 Å². The minimum Gasteiger partial charge on any atom is -0.298 e. The maximum Gasteiger partial charge on any atom is 0.0863 e. The number of hydrogen-bond donors (Lipinski definition) is 1. The van der Waals surface area contributed by atoms with E-state index in [1.54, 1.807) is 0 Å². The minimum atomic E-state index is 0.237. The summed E-state index contributed by atoms with van der Waals surface area (Å²) in [7, 11) is 0. The molecular weight excluding hydrogens is 360 g/mol. The van der Waals surface area contributed by atoms with E-state index in [2.05, 4.69) is 48.8 Å². The predicted octanol–water partition coefficient (Wildman–Crippen LogP) is 4.07. The van der Waals surface area contributed by atoms with E-state index in [1.165, 1.54) is 81.0 Å². The van der Waals surface area contributed by atoms with Crippen molar-refractivity contribution in [2.75, 3.05) is 38.0 Å². The first-order chi connectivity index (χ1) is 14.0. The van der Waals surface area contributed by atoms with Gasteiger partial charge in [0.25, 0.3) is 0 Å². The van der Waals surface area contributed by atoms with E-state index < -0.39 is 0 Å². The Morgan fingerprint density at radius 2 is 1.93 bits per heavy atom. The molecule has 29 heavy (non-hydrogen) atoms. The second-order valence-electron chi connectivity index (χ2n) is 9.75. The molecule has 2 fully saturated rings. The molecule has 0 aromatic heterocycles. The molecule has 1 aromatic rings. The van der Waals surface area contributed by atoms with Gasteiger partial charge in [-0.05, 0) is 55.7 Å². The maximum absolute atomic E-state index is 6.04. The Hall–Kier alpha value is -1.14. The molecule has 4 rings (SSSR count). The van der Waals surface area contributed by atoms with Gasteiger partial charge in [0.2, 0.25) is 0 Å². The van der Waals surface area contributed by atoms with Gasteiger partial charge in [-0.2, -0.15) is 5.17 Å². The molecule has 1 unspecified atom stereocenters. The summed E-state index contributed by atoms with van der Waals surface area (Å²) >= 11 is 0. The van der Waals surface area contributed by atoms with Crippen LogP contribution >= 0.6 is 0 Å². The fourth-order valence-electron chi connectivity index (χ4n) is 5.42. The highest BCUT2D eigenvalue weighted by Gasteiger charge is 2.49. The zero-order valence-electron chi connectivity index (χ0n) is 18.7. The molecule has 1 atom stereocenters. The molecule has 1 saturated carbocycles. The molecule has 2 heterocycles. The molecule has 0 radical (unpaired) electrons. The van der Waals surface area contributed by atoms with Gasteiger partial charge in [-0.1, -0.05) is 38.8 Å². The molecular formula is C24H40N4O. The van der Waals surface area contributed by atoms with Gasteiger partial charge in [0.15, 0.2) is 0 Å². The van der Waals surface area contributed by atoms with Crippen molar-refractivity contribution in [2.24, 2.45) is 11.8 Å². The summed E-state index contributed by atoms with van der Waals surface area (Å²) in [4.78, 5) is 11.0. The molecule has 0 amide bonds. The fraction of sp³-hybridized carbons (Fsp3) is 0.750. The topological polar surface area (TPSA) is 45.0 Å². The van der Waals surface area contributed by atoms with Gasteiger partial charge >= 0.3 is 0 Å². The largest absolute Gasteiger partial charge is 0.298 e. The van der Waals surface area contributed by atoms with Crippen molar-refractivity contribution in [3.05, 3.63) is 29.3 Å². The van der Waals surface area contributed by atoms with Crippen LogP contribution in [0.4, 0.5) is 5.69 Å². The molecule has 1 saturated heterocycles. The van der Waals surface area contributed by atoms with Crippen molar-refractivity contribution < 1.29 is 4.84 Å². The zero-order chi connectivity index (χ0) is 20.4. The van der Waals surface area contributed by atoms with Crippen molar-refractivity contribution in [1.82, 2.24) is 9.80 Å². The van der Waals surface area contributed by atoms with Crippen LogP contribution in [0.2, 0.25) is 0 Å². The first-order valence-electron chi connectivity index (χ1n) is 11.8. The van der Waals surface area contributed by atoms with Gasteiger partial charge in [-0.15, -0.1) is 0 Å². The quantitative estimate of drug-likeness (QED) is 0.667. The Balaban J connectivity index is 1.36. The van der Waals surface area contributed by atoms with Gasteiger partial charge in [-0.3, -0.25) is 14.6 Å². The number of anilines is 1. The molecule has 3 aliphatic rings. The van der Waals surface area contributed by atoms with E-state index in [4.69, 9.17) is 10.7 Å². The molecule has 2 N–H and O–H groups in total. The van der Waals surface area contributed by atoms with E-state index in [0.717, 1.165) is 24.8 Å². The lowest BCUT2D eigenvalue weighted by atomic mass is 9.92. The SMILES string of the molecule is CCCC(CCC)CN1CCN(Cc2ccc3c(c2)C2(CC2)CON3N)CC1C. The highest BCUT2D eigenvalue weighted by atomic mass is 16.7. The van der Waals surface area contributed by atoms with Crippen molar-refractivity contribution in [3.8, 4) is 0 Å². The second kappa shape index (κ2) is 8.93. The summed E-state index contributed by atoms with van der Waals surface area (Å²) in [6, 6.07) is 7.43. The van der Waals surface area contributed by atoms with Crippen LogP contribution in [-0.4, -0.2) is 48.6 Å². The monoisotopic (exact) mass is 400 g/mol. The van der Waals surface area contributed by atoms with Crippen LogP contribution in [0.3, 0.4) is 0 Å². The molecule has 1 spiro atoms. The summed E-state index contributed by atoms with van der Waals surface area (Å²) in [6.45, 7) is 13.6. The molecule has 1 aromatic carbocycles. The molecule has 162 valence electrons. The summed E-state index contributed by atoms with van der Waals surface area (Å²) in [5.74, 6) is 6.91. The van der Waals surface area contributed by atoms with E-state index in [9.17, 15) is 0 Å². The minimum absolute atomic E-state index is 0.237. The van der Waals surface area contributed by atoms with Crippen LogP contribution in [0, 0.1) is 5.92 Å². The number of benzene rings is 1. The smallest absolute Gasteiger partial charge is 0.0863 e. The lowest BCUT2D eigenvalue weighted by Gasteiger charge is -2.41. The summed E-state index contributed by atoms with van der Waals surface area (Å²) in [6.07, 6.45) is 7.82. The van der Waals surface area contributed by atoms with Crippen LogP contribution < -0.4 is 11.0 Å². The first-order valence-corrected chi connectivity index (χ1v) is 11.8. The Bertz CT molecular complexity index is 683. The molecule has 0 bridgehead atoms. The predicted molar refractivity (Wildman–Crippen MR) is 120 cm³/mol. The van der Waals surface area contributed by atoms with Gasteiger partial charge < -0.3 is 0 Å². The summed E-state index contributed by atoms with van der Waals surface area (Å²) < 4.78 is 0. The highest BCUT2D eigenvalue weighted by Crippen LogP contribution is 2.53. The number of nitrogens with zero attached hydrogens (tertiary/aromatic N) is 3. The lowest BCUT2D eigenvalue weighted by Crippen LogP contribution is -2.52.